The number of alkyl halides is 3. The first-order valence-electron chi connectivity index (χ1n) is 10.6. The fourth-order valence-electron chi connectivity index (χ4n) is 3.71. The van der Waals surface area contributed by atoms with E-state index in [1.54, 1.807) is 0 Å². The topological polar surface area (TPSA) is 109 Å². The van der Waals surface area contributed by atoms with E-state index in [4.69, 9.17) is 4.74 Å². The Bertz CT molecular complexity index is 1250. The monoisotopic (exact) mass is 504 g/mol. The van der Waals surface area contributed by atoms with E-state index in [9.17, 15) is 27.2 Å². The molecule has 188 valence electrons. The zero-order valence-corrected chi connectivity index (χ0v) is 18.8. The van der Waals surface area contributed by atoms with Crippen molar-refractivity contribution in [1.82, 2.24) is 20.3 Å². The van der Waals surface area contributed by atoms with E-state index in [1.807, 2.05) is 0 Å². The highest BCUT2D eigenvalue weighted by molar-refractivity contribution is 6.04. The Balaban J connectivity index is 1.52. The second-order valence-electron chi connectivity index (χ2n) is 8.02. The minimum Gasteiger partial charge on any atom is -0.378 e. The number of hydrogen-bond acceptors (Lipinski definition) is 7. The number of ether oxygens (including phenoxy) is 1. The standard InChI is InChI=1S/C23H20F4N6O3/c1-33(21(35)22(7-8-36-12-22)32-20(34)14-9-28-13-29-10-14)18-6-5-15(11-30-18)31-19-16(23(25,26)27)3-2-4-17(19)24/h2-6,9-11,13,31H,7-8,12H2,1H3,(H,32,34)/t22-/m0/s1. The number of halogens is 4. The van der Waals surface area contributed by atoms with Crippen LogP contribution in [0.5, 0.6) is 0 Å². The fourth-order valence-corrected chi connectivity index (χ4v) is 3.71. The minimum atomic E-state index is -4.77. The molecule has 1 fully saturated rings. The van der Waals surface area contributed by atoms with Gasteiger partial charge in [0.05, 0.1) is 35.3 Å². The Morgan fingerprint density at radius 1 is 1.11 bits per heavy atom. The molecule has 2 aromatic heterocycles. The molecule has 1 aromatic carbocycles. The lowest BCUT2D eigenvalue weighted by Crippen LogP contribution is -2.60. The molecule has 1 atom stereocenters. The van der Waals surface area contributed by atoms with Crippen molar-refractivity contribution in [2.24, 2.45) is 0 Å². The molecular weight excluding hydrogens is 484 g/mol. The summed E-state index contributed by atoms with van der Waals surface area (Å²) in [5.41, 5.74) is -3.03. The van der Waals surface area contributed by atoms with Crippen LogP contribution in [0.3, 0.4) is 0 Å². The number of para-hydroxylation sites is 1. The van der Waals surface area contributed by atoms with Crippen LogP contribution >= 0.6 is 0 Å². The van der Waals surface area contributed by atoms with Crippen LogP contribution in [0.1, 0.15) is 22.3 Å². The van der Waals surface area contributed by atoms with Crippen LogP contribution in [0.25, 0.3) is 0 Å². The van der Waals surface area contributed by atoms with Gasteiger partial charge in [-0.05, 0) is 24.3 Å². The summed E-state index contributed by atoms with van der Waals surface area (Å²) in [5, 5.41) is 5.11. The van der Waals surface area contributed by atoms with Crippen molar-refractivity contribution >= 4 is 29.0 Å². The molecule has 3 heterocycles. The van der Waals surface area contributed by atoms with E-state index >= 15 is 0 Å². The van der Waals surface area contributed by atoms with Crippen LogP contribution in [-0.2, 0) is 15.7 Å². The van der Waals surface area contributed by atoms with Gasteiger partial charge in [-0.25, -0.2) is 19.3 Å². The van der Waals surface area contributed by atoms with Gasteiger partial charge in [0.2, 0.25) is 0 Å². The summed E-state index contributed by atoms with van der Waals surface area (Å²) in [6.45, 7) is 0.175. The quantitative estimate of drug-likeness (QED) is 0.496. The van der Waals surface area contributed by atoms with E-state index < -0.39 is 40.6 Å². The third-order valence-corrected chi connectivity index (χ3v) is 5.59. The predicted molar refractivity (Wildman–Crippen MR) is 120 cm³/mol. The second-order valence-corrected chi connectivity index (χ2v) is 8.02. The van der Waals surface area contributed by atoms with Crippen LogP contribution in [-0.4, -0.2) is 52.6 Å². The molecule has 13 heteroatoms. The van der Waals surface area contributed by atoms with Crippen LogP contribution in [0, 0.1) is 5.82 Å². The second kappa shape index (κ2) is 9.85. The molecule has 0 saturated carbocycles. The zero-order valence-electron chi connectivity index (χ0n) is 18.8. The third-order valence-electron chi connectivity index (χ3n) is 5.59. The number of pyridine rings is 1. The smallest absolute Gasteiger partial charge is 0.378 e. The maximum Gasteiger partial charge on any atom is 0.418 e. The lowest BCUT2D eigenvalue weighted by Gasteiger charge is -2.31. The Labute approximate surface area is 202 Å². The van der Waals surface area contributed by atoms with Crippen molar-refractivity contribution in [3.8, 4) is 0 Å². The predicted octanol–water partition coefficient (Wildman–Crippen LogP) is 3.33. The molecule has 4 rings (SSSR count). The first-order valence-corrected chi connectivity index (χ1v) is 10.6. The molecule has 0 bridgehead atoms. The summed E-state index contributed by atoms with van der Waals surface area (Å²) in [6, 6.07) is 5.38. The Morgan fingerprint density at radius 2 is 1.86 bits per heavy atom. The molecule has 0 aliphatic carbocycles. The molecule has 0 radical (unpaired) electrons. The first kappa shape index (κ1) is 25.0. The SMILES string of the molecule is CN(C(=O)[C@]1(NC(=O)c2cncnc2)CCOC1)c1ccc(Nc2c(F)cccc2C(F)(F)F)cn1. The van der Waals surface area contributed by atoms with E-state index in [2.05, 4.69) is 25.6 Å². The van der Waals surface area contributed by atoms with E-state index in [0.717, 1.165) is 18.2 Å². The zero-order chi connectivity index (χ0) is 25.9. The third kappa shape index (κ3) is 5.10. The van der Waals surface area contributed by atoms with Crippen LogP contribution < -0.4 is 15.5 Å². The van der Waals surface area contributed by atoms with Crippen molar-refractivity contribution in [2.75, 3.05) is 30.5 Å². The van der Waals surface area contributed by atoms with E-state index in [-0.39, 0.29) is 36.7 Å². The Morgan fingerprint density at radius 3 is 2.47 bits per heavy atom. The highest BCUT2D eigenvalue weighted by Crippen LogP contribution is 2.37. The summed E-state index contributed by atoms with van der Waals surface area (Å²) in [4.78, 5) is 38.9. The van der Waals surface area contributed by atoms with E-state index in [1.165, 1.54) is 49.0 Å². The Kier molecular flexibility index (Phi) is 6.84. The van der Waals surface area contributed by atoms with Gasteiger partial charge in [-0.2, -0.15) is 13.2 Å². The molecule has 0 spiro atoms. The molecular formula is C23H20F4N6O3. The van der Waals surface area contributed by atoms with Gasteiger partial charge in [0.15, 0.2) is 0 Å². The van der Waals surface area contributed by atoms with Crippen molar-refractivity contribution < 1.29 is 31.9 Å². The van der Waals surface area contributed by atoms with E-state index in [0.29, 0.717) is 0 Å². The van der Waals surface area contributed by atoms with Gasteiger partial charge in [0, 0.05) is 32.5 Å². The highest BCUT2D eigenvalue weighted by Gasteiger charge is 2.46. The molecule has 9 nitrogen and oxygen atoms in total. The molecule has 36 heavy (non-hydrogen) atoms. The summed E-state index contributed by atoms with van der Waals surface area (Å²) >= 11 is 0. The van der Waals surface area contributed by atoms with Crippen LogP contribution in [0.4, 0.5) is 34.8 Å². The number of benzene rings is 1. The summed E-state index contributed by atoms with van der Waals surface area (Å²) in [7, 11) is 1.44. The molecule has 2 amide bonds. The van der Waals surface area contributed by atoms with Crippen LogP contribution in [0.15, 0.2) is 55.2 Å². The largest absolute Gasteiger partial charge is 0.418 e. The maximum atomic E-state index is 14.1. The lowest BCUT2D eigenvalue weighted by molar-refractivity contribution is -0.137. The molecule has 2 N–H and O–H groups in total. The normalized spacial score (nSPS) is 17.5. The van der Waals surface area contributed by atoms with Gasteiger partial charge in [-0.1, -0.05) is 6.07 Å². The first-order chi connectivity index (χ1) is 17.1. The van der Waals surface area contributed by atoms with Gasteiger partial charge in [-0.15, -0.1) is 0 Å². The summed E-state index contributed by atoms with van der Waals surface area (Å²) < 4.78 is 59.3. The van der Waals surface area contributed by atoms with Gasteiger partial charge < -0.3 is 15.4 Å². The number of nitrogens with zero attached hydrogens (tertiary/aromatic N) is 4. The molecule has 0 unspecified atom stereocenters. The maximum absolute atomic E-state index is 14.1. The average Bonchev–Trinajstić information content (AvgIpc) is 3.34. The number of aromatic nitrogens is 3. The molecule has 1 saturated heterocycles. The number of rotatable bonds is 6. The number of likely N-dealkylation sites (N-methyl/N-ethyl adjacent to an activating group) is 1. The van der Waals surface area contributed by atoms with Crippen molar-refractivity contribution in [2.45, 2.75) is 18.1 Å². The number of amides is 2. The van der Waals surface area contributed by atoms with Crippen molar-refractivity contribution in [3.05, 3.63) is 72.2 Å². The van der Waals surface area contributed by atoms with Gasteiger partial charge in [0.25, 0.3) is 11.8 Å². The van der Waals surface area contributed by atoms with Crippen LogP contribution in [0.2, 0.25) is 0 Å². The highest BCUT2D eigenvalue weighted by atomic mass is 19.4. The number of carbonyl (C=O) groups excluding carboxylic acids is 2. The van der Waals surface area contributed by atoms with Gasteiger partial charge >= 0.3 is 6.18 Å². The number of carbonyl (C=O) groups is 2. The number of hydrogen-bond donors (Lipinski definition) is 2. The summed E-state index contributed by atoms with van der Waals surface area (Å²) in [5.74, 6) is -1.99. The van der Waals surface area contributed by atoms with Gasteiger partial charge in [-0.3, -0.25) is 14.5 Å². The Hall–Kier alpha value is -4.13. The molecule has 1 aliphatic heterocycles. The lowest BCUT2D eigenvalue weighted by atomic mass is 9.96. The minimum absolute atomic E-state index is 0.0667. The molecule has 1 aliphatic rings. The number of nitrogens with one attached hydrogen (secondary N) is 2. The average molecular weight is 504 g/mol. The van der Waals surface area contributed by atoms with Gasteiger partial charge in [0.1, 0.15) is 23.5 Å². The fraction of sp³-hybridized carbons (Fsp3) is 0.261. The van der Waals surface area contributed by atoms with Crippen molar-refractivity contribution in [3.63, 3.8) is 0 Å². The molecule has 3 aromatic rings. The summed E-state index contributed by atoms with van der Waals surface area (Å²) in [6.07, 6.45) is 0.509. The van der Waals surface area contributed by atoms with Crippen molar-refractivity contribution in [1.29, 1.82) is 0 Å². The number of anilines is 3.